The fraction of sp³-hybridized carbons (Fsp3) is 0.467. The summed E-state index contributed by atoms with van der Waals surface area (Å²) >= 11 is 0. The van der Waals surface area contributed by atoms with Gasteiger partial charge in [0.2, 0.25) is 0 Å². The molecule has 0 aromatic heterocycles. The number of hydrogen-bond acceptors (Lipinski definition) is 3. The van der Waals surface area contributed by atoms with E-state index in [0.717, 1.165) is 18.4 Å². The fourth-order valence-corrected chi connectivity index (χ4v) is 1.63. The molecule has 0 unspecified atom stereocenters. The largest absolute Gasteiger partial charge is 0.504 e. The van der Waals surface area contributed by atoms with Gasteiger partial charge in [0.25, 0.3) is 0 Å². The molecule has 100 valence electrons. The summed E-state index contributed by atoms with van der Waals surface area (Å²) in [5.41, 5.74) is 7.74. The Balaban J connectivity index is 2.63. The highest BCUT2D eigenvalue weighted by Gasteiger charge is 2.06. The van der Waals surface area contributed by atoms with Crippen LogP contribution in [0.2, 0.25) is 0 Å². The lowest BCUT2D eigenvalue weighted by Gasteiger charge is -2.12. The zero-order valence-electron chi connectivity index (χ0n) is 11.3. The number of nitrogens with two attached hydrogens (primary N) is 1. The molecule has 1 aromatic carbocycles. The van der Waals surface area contributed by atoms with Crippen LogP contribution in [-0.2, 0) is 6.42 Å². The van der Waals surface area contributed by atoms with E-state index in [4.69, 9.17) is 10.5 Å². The van der Waals surface area contributed by atoms with Crippen molar-refractivity contribution in [1.29, 1.82) is 0 Å². The van der Waals surface area contributed by atoms with Gasteiger partial charge in [-0.2, -0.15) is 0 Å². The second-order valence-corrected chi connectivity index (χ2v) is 4.73. The van der Waals surface area contributed by atoms with E-state index in [2.05, 4.69) is 20.4 Å². The van der Waals surface area contributed by atoms with Crippen molar-refractivity contribution >= 4 is 0 Å². The maximum atomic E-state index is 9.65. The van der Waals surface area contributed by atoms with Crippen LogP contribution in [0.25, 0.3) is 0 Å². The van der Waals surface area contributed by atoms with Gasteiger partial charge >= 0.3 is 0 Å². The van der Waals surface area contributed by atoms with E-state index in [1.54, 1.807) is 6.07 Å². The number of aryl methyl sites for hydroxylation is 1. The third-order valence-corrected chi connectivity index (χ3v) is 3.11. The maximum Gasteiger partial charge on any atom is 0.161 e. The summed E-state index contributed by atoms with van der Waals surface area (Å²) in [6, 6.07) is 5.48. The van der Waals surface area contributed by atoms with E-state index in [9.17, 15) is 5.11 Å². The second kappa shape index (κ2) is 7.07. The van der Waals surface area contributed by atoms with Crippen molar-refractivity contribution in [3.63, 3.8) is 0 Å². The van der Waals surface area contributed by atoms with Gasteiger partial charge in [0, 0.05) is 6.54 Å². The predicted molar refractivity (Wildman–Crippen MR) is 75.0 cm³/mol. The van der Waals surface area contributed by atoms with E-state index in [1.165, 1.54) is 5.57 Å². The van der Waals surface area contributed by atoms with Crippen LogP contribution in [0.1, 0.15) is 25.8 Å². The molecule has 0 amide bonds. The lowest BCUT2D eigenvalue weighted by molar-refractivity contribution is 0.308. The normalized spacial score (nSPS) is 12.2. The third kappa shape index (κ3) is 4.41. The number of phenolic OH excluding ortho intramolecular Hbond substituents is 1. The van der Waals surface area contributed by atoms with Crippen molar-refractivity contribution in [3.8, 4) is 11.5 Å². The average Bonchev–Trinajstić information content (AvgIpc) is 2.35. The molecular weight excluding hydrogens is 226 g/mol. The molecule has 0 radical (unpaired) electrons. The van der Waals surface area contributed by atoms with E-state index in [0.29, 0.717) is 24.8 Å². The molecule has 1 aromatic rings. The van der Waals surface area contributed by atoms with Crippen molar-refractivity contribution in [1.82, 2.24) is 0 Å². The molecular formula is C15H23NO2. The molecule has 0 spiro atoms. The van der Waals surface area contributed by atoms with Crippen LogP contribution >= 0.6 is 0 Å². The highest BCUT2D eigenvalue weighted by atomic mass is 16.5. The number of ether oxygens (including phenoxy) is 1. The third-order valence-electron chi connectivity index (χ3n) is 3.11. The van der Waals surface area contributed by atoms with Crippen LogP contribution in [-0.4, -0.2) is 18.3 Å². The number of allylic oxidation sites excluding steroid dienone is 1. The van der Waals surface area contributed by atoms with Crippen molar-refractivity contribution in [3.05, 3.63) is 35.9 Å². The minimum absolute atomic E-state index is 0.167. The van der Waals surface area contributed by atoms with Crippen molar-refractivity contribution in [2.75, 3.05) is 13.2 Å². The molecule has 0 heterocycles. The van der Waals surface area contributed by atoms with Gasteiger partial charge in [-0.05, 0) is 43.4 Å². The lowest BCUT2D eigenvalue weighted by Crippen LogP contribution is -2.10. The number of benzene rings is 1. The number of rotatable bonds is 7. The zero-order valence-corrected chi connectivity index (χ0v) is 11.3. The van der Waals surface area contributed by atoms with Crippen LogP contribution < -0.4 is 10.5 Å². The highest BCUT2D eigenvalue weighted by Crippen LogP contribution is 2.28. The molecule has 3 nitrogen and oxygen atoms in total. The van der Waals surface area contributed by atoms with E-state index in [1.807, 2.05) is 12.1 Å². The van der Waals surface area contributed by atoms with Crippen LogP contribution in [0.3, 0.4) is 0 Å². The average molecular weight is 249 g/mol. The van der Waals surface area contributed by atoms with Crippen LogP contribution in [0.5, 0.6) is 11.5 Å². The summed E-state index contributed by atoms with van der Waals surface area (Å²) in [6.45, 7) is 9.05. The molecule has 0 aliphatic heterocycles. The summed E-state index contributed by atoms with van der Waals surface area (Å²) in [5.74, 6) is 1.19. The van der Waals surface area contributed by atoms with Gasteiger partial charge < -0.3 is 15.6 Å². The van der Waals surface area contributed by atoms with E-state index in [-0.39, 0.29) is 5.75 Å². The van der Waals surface area contributed by atoms with Crippen LogP contribution in [0.15, 0.2) is 30.4 Å². The molecule has 0 bridgehead atoms. The van der Waals surface area contributed by atoms with Gasteiger partial charge in [0.05, 0.1) is 0 Å². The second-order valence-electron chi connectivity index (χ2n) is 4.73. The number of phenols is 1. The Kier molecular flexibility index (Phi) is 5.72. The van der Waals surface area contributed by atoms with Crippen molar-refractivity contribution in [2.45, 2.75) is 26.7 Å². The number of aromatic hydroxyl groups is 1. The molecule has 0 fully saturated rings. The van der Waals surface area contributed by atoms with Gasteiger partial charge in [-0.3, -0.25) is 0 Å². The minimum Gasteiger partial charge on any atom is -0.504 e. The fourth-order valence-electron chi connectivity index (χ4n) is 1.63. The zero-order chi connectivity index (χ0) is 13.5. The smallest absolute Gasteiger partial charge is 0.161 e. The molecule has 3 heteroatoms. The highest BCUT2D eigenvalue weighted by molar-refractivity contribution is 5.41. The molecule has 0 saturated heterocycles. The summed E-state index contributed by atoms with van der Waals surface area (Å²) in [7, 11) is 0. The van der Waals surface area contributed by atoms with Gasteiger partial charge in [-0.25, -0.2) is 0 Å². The maximum absolute atomic E-state index is 9.65. The SMILES string of the molecule is C=C(C)[C@@H](C)CCc1ccc(O)c(OCCN)c1. The van der Waals surface area contributed by atoms with Gasteiger partial charge in [0.15, 0.2) is 11.5 Å². The quantitative estimate of drug-likeness (QED) is 0.731. The monoisotopic (exact) mass is 249 g/mol. The Bertz CT molecular complexity index is 401. The Morgan fingerprint density at radius 3 is 2.83 bits per heavy atom. The first-order valence-corrected chi connectivity index (χ1v) is 6.34. The minimum atomic E-state index is 0.167. The molecule has 0 aliphatic carbocycles. The lowest BCUT2D eigenvalue weighted by atomic mass is 9.96. The predicted octanol–water partition coefficient (Wildman–Crippen LogP) is 2.87. The Morgan fingerprint density at radius 2 is 2.22 bits per heavy atom. The molecule has 3 N–H and O–H groups in total. The van der Waals surface area contributed by atoms with E-state index >= 15 is 0 Å². The molecule has 0 saturated carbocycles. The van der Waals surface area contributed by atoms with Gasteiger partial charge in [-0.1, -0.05) is 25.1 Å². The van der Waals surface area contributed by atoms with Crippen molar-refractivity contribution < 1.29 is 9.84 Å². The first-order chi connectivity index (χ1) is 8.54. The Morgan fingerprint density at radius 1 is 1.50 bits per heavy atom. The van der Waals surface area contributed by atoms with Crippen molar-refractivity contribution in [2.24, 2.45) is 11.7 Å². The molecule has 1 rings (SSSR count). The van der Waals surface area contributed by atoms with E-state index < -0.39 is 0 Å². The van der Waals surface area contributed by atoms with Gasteiger partial charge in [-0.15, -0.1) is 0 Å². The molecule has 0 aliphatic rings. The van der Waals surface area contributed by atoms with Gasteiger partial charge in [0.1, 0.15) is 6.61 Å². The summed E-state index contributed by atoms with van der Waals surface area (Å²) in [6.07, 6.45) is 2.00. The van der Waals surface area contributed by atoms with Crippen LogP contribution in [0, 0.1) is 5.92 Å². The first-order valence-electron chi connectivity index (χ1n) is 6.34. The number of hydrogen-bond donors (Lipinski definition) is 2. The standard InChI is InChI=1S/C15H23NO2/c1-11(2)12(3)4-5-13-6-7-14(17)15(10-13)18-9-8-16/h6-7,10,12,17H,1,4-5,8-9,16H2,2-3H3/t12-/m0/s1. The Labute approximate surface area is 109 Å². The summed E-state index contributed by atoms with van der Waals surface area (Å²) < 4.78 is 5.39. The first kappa shape index (κ1) is 14.6. The molecule has 1 atom stereocenters. The van der Waals surface area contributed by atoms with Crippen LogP contribution in [0.4, 0.5) is 0 Å². The Hall–Kier alpha value is -1.48. The summed E-state index contributed by atoms with van der Waals surface area (Å²) in [5, 5.41) is 9.65. The molecule has 18 heavy (non-hydrogen) atoms. The summed E-state index contributed by atoms with van der Waals surface area (Å²) in [4.78, 5) is 0. The topological polar surface area (TPSA) is 55.5 Å².